The van der Waals surface area contributed by atoms with E-state index in [9.17, 15) is 14.0 Å². The van der Waals surface area contributed by atoms with Gasteiger partial charge in [-0.2, -0.15) is 0 Å². The molecule has 0 bridgehead atoms. The molecule has 34 heavy (non-hydrogen) atoms. The number of halogens is 1. The van der Waals surface area contributed by atoms with Gasteiger partial charge in [0.25, 0.3) is 5.91 Å². The number of carbonyl (C=O) groups is 2. The molecule has 184 valence electrons. The minimum absolute atomic E-state index is 0.246. The molecule has 1 aliphatic carbocycles. The van der Waals surface area contributed by atoms with E-state index >= 15 is 0 Å². The van der Waals surface area contributed by atoms with E-state index in [0.29, 0.717) is 30.4 Å². The Kier molecular flexibility index (Phi) is 6.80. The van der Waals surface area contributed by atoms with Gasteiger partial charge < -0.3 is 14.6 Å². The molecule has 1 saturated carbocycles. The standard InChI is InChI=1S/C26H35FN4O3/c1-16-7-10-18(19(27)13-16)23-28-21(24(32)29-22(25(33)34-5)26(2,3)4)20-15-30(14-17-8-9-17)11-6-12-31(20)23/h7,10,13,17,22H,6,8-9,11-12,14-15H2,1-5H3,(H,29,32)/t22-/m1/s1. The Morgan fingerprint density at radius 1 is 1.26 bits per heavy atom. The van der Waals surface area contributed by atoms with Crippen molar-refractivity contribution < 1.29 is 18.7 Å². The van der Waals surface area contributed by atoms with Gasteiger partial charge in [0.05, 0.1) is 18.4 Å². The average Bonchev–Trinajstić information content (AvgIpc) is 3.55. The summed E-state index contributed by atoms with van der Waals surface area (Å²) in [5.74, 6) is -0.143. The minimum Gasteiger partial charge on any atom is -0.467 e. The molecule has 0 radical (unpaired) electrons. The van der Waals surface area contributed by atoms with Crippen molar-refractivity contribution in [3.63, 3.8) is 0 Å². The highest BCUT2D eigenvalue weighted by atomic mass is 19.1. The van der Waals surface area contributed by atoms with Crippen LogP contribution in [0.25, 0.3) is 11.4 Å². The van der Waals surface area contributed by atoms with E-state index in [1.54, 1.807) is 6.07 Å². The van der Waals surface area contributed by atoms with Crippen LogP contribution in [0, 0.1) is 24.1 Å². The summed E-state index contributed by atoms with van der Waals surface area (Å²) < 4.78 is 21.9. The fraction of sp³-hybridized carbons (Fsp3) is 0.577. The lowest BCUT2D eigenvalue weighted by Crippen LogP contribution is -2.50. The summed E-state index contributed by atoms with van der Waals surface area (Å²) in [5, 5.41) is 2.85. The molecule has 2 aromatic rings. The second-order valence-corrected chi connectivity index (χ2v) is 10.7. The summed E-state index contributed by atoms with van der Waals surface area (Å²) in [6.45, 7) is 10.6. The van der Waals surface area contributed by atoms with E-state index < -0.39 is 23.3 Å². The van der Waals surface area contributed by atoms with E-state index in [0.717, 1.165) is 30.8 Å². The smallest absolute Gasteiger partial charge is 0.328 e. The first kappa shape index (κ1) is 24.4. The van der Waals surface area contributed by atoms with Crippen LogP contribution < -0.4 is 5.32 Å². The summed E-state index contributed by atoms with van der Waals surface area (Å²) in [5.41, 5.74) is 1.66. The average molecular weight is 471 g/mol. The topological polar surface area (TPSA) is 76.5 Å². The summed E-state index contributed by atoms with van der Waals surface area (Å²) in [6.07, 6.45) is 3.38. The molecule has 1 aromatic heterocycles. The Balaban J connectivity index is 1.75. The minimum atomic E-state index is -0.838. The van der Waals surface area contributed by atoms with Gasteiger partial charge >= 0.3 is 5.97 Å². The van der Waals surface area contributed by atoms with Gasteiger partial charge in [-0.05, 0) is 55.2 Å². The summed E-state index contributed by atoms with van der Waals surface area (Å²) >= 11 is 0. The first-order valence-electron chi connectivity index (χ1n) is 12.1. The fourth-order valence-electron chi connectivity index (χ4n) is 4.59. The highest BCUT2D eigenvalue weighted by Crippen LogP contribution is 2.33. The Bertz CT molecular complexity index is 1080. The Hall–Kier alpha value is -2.74. The highest BCUT2D eigenvalue weighted by Gasteiger charge is 2.36. The van der Waals surface area contributed by atoms with Gasteiger partial charge in [0, 0.05) is 26.2 Å². The van der Waals surface area contributed by atoms with Crippen LogP contribution >= 0.6 is 0 Å². The van der Waals surface area contributed by atoms with Crippen molar-refractivity contribution in [1.29, 1.82) is 0 Å². The number of carbonyl (C=O) groups excluding carboxylic acids is 2. The van der Waals surface area contributed by atoms with E-state index in [-0.39, 0.29) is 11.5 Å². The van der Waals surface area contributed by atoms with Crippen molar-refractivity contribution in [1.82, 2.24) is 19.8 Å². The molecule has 7 nitrogen and oxygen atoms in total. The lowest BCUT2D eigenvalue weighted by atomic mass is 9.86. The third-order valence-corrected chi connectivity index (χ3v) is 6.67. The van der Waals surface area contributed by atoms with Crippen LogP contribution in [-0.4, -0.2) is 52.6 Å². The molecule has 1 aliphatic heterocycles. The molecule has 0 spiro atoms. The predicted octanol–water partition coefficient (Wildman–Crippen LogP) is 3.93. The number of rotatable bonds is 6. The fourth-order valence-corrected chi connectivity index (χ4v) is 4.59. The third kappa shape index (κ3) is 5.17. The van der Waals surface area contributed by atoms with Crippen LogP contribution in [0.3, 0.4) is 0 Å². The van der Waals surface area contributed by atoms with Crippen molar-refractivity contribution in [2.45, 2.75) is 66.1 Å². The van der Waals surface area contributed by atoms with Crippen LogP contribution in [0.2, 0.25) is 0 Å². The number of methoxy groups -OCH3 is 1. The monoisotopic (exact) mass is 470 g/mol. The molecule has 0 saturated heterocycles. The zero-order chi connectivity index (χ0) is 24.6. The SMILES string of the molecule is COC(=O)[C@@H](NC(=O)c1nc(-c2ccc(C)cc2F)n2c1CN(CC1CC1)CCC2)C(C)(C)C. The Morgan fingerprint density at radius 2 is 2.00 bits per heavy atom. The van der Waals surface area contributed by atoms with Crippen LogP contribution in [0.5, 0.6) is 0 Å². The number of aryl methyl sites for hydroxylation is 1. The number of nitrogens with zero attached hydrogens (tertiary/aromatic N) is 3. The maximum absolute atomic E-state index is 15.0. The molecule has 1 N–H and O–H groups in total. The second kappa shape index (κ2) is 9.49. The quantitative estimate of drug-likeness (QED) is 0.648. The number of benzene rings is 1. The van der Waals surface area contributed by atoms with Gasteiger partial charge in [-0.1, -0.05) is 26.8 Å². The molecule has 2 aliphatic rings. The van der Waals surface area contributed by atoms with Crippen molar-refractivity contribution in [3.8, 4) is 11.4 Å². The first-order chi connectivity index (χ1) is 16.1. The van der Waals surface area contributed by atoms with Crippen molar-refractivity contribution >= 4 is 11.9 Å². The maximum atomic E-state index is 15.0. The number of amides is 1. The third-order valence-electron chi connectivity index (χ3n) is 6.67. The second-order valence-electron chi connectivity index (χ2n) is 10.7. The van der Waals surface area contributed by atoms with Crippen LogP contribution in [0.1, 0.15) is 61.8 Å². The van der Waals surface area contributed by atoms with Gasteiger partial charge in [-0.15, -0.1) is 0 Å². The predicted molar refractivity (Wildman–Crippen MR) is 128 cm³/mol. The molecule has 1 aromatic carbocycles. The molecule has 4 rings (SSSR count). The molecule has 0 unspecified atom stereocenters. The molecule has 1 amide bonds. The van der Waals surface area contributed by atoms with Crippen molar-refractivity contribution in [2.24, 2.45) is 11.3 Å². The molecule has 8 heteroatoms. The molecule has 2 heterocycles. The number of esters is 1. The molecular formula is C26H35FN4O3. The normalized spacial score (nSPS) is 17.6. The van der Waals surface area contributed by atoms with Crippen LogP contribution in [-0.2, 0) is 22.6 Å². The van der Waals surface area contributed by atoms with Crippen LogP contribution in [0.4, 0.5) is 4.39 Å². The summed E-state index contributed by atoms with van der Waals surface area (Å²) in [6, 6.07) is 4.22. The van der Waals surface area contributed by atoms with Gasteiger partial charge in [0.1, 0.15) is 17.7 Å². The molecular weight excluding hydrogens is 435 g/mol. The largest absolute Gasteiger partial charge is 0.467 e. The van der Waals surface area contributed by atoms with E-state index in [2.05, 4.69) is 15.2 Å². The summed E-state index contributed by atoms with van der Waals surface area (Å²) in [7, 11) is 1.31. The molecule has 1 atom stereocenters. The zero-order valence-corrected chi connectivity index (χ0v) is 20.8. The van der Waals surface area contributed by atoms with Crippen molar-refractivity contribution in [3.05, 3.63) is 41.0 Å². The zero-order valence-electron chi connectivity index (χ0n) is 20.8. The summed E-state index contributed by atoms with van der Waals surface area (Å²) in [4.78, 5) is 33.0. The van der Waals surface area contributed by atoms with E-state index in [1.165, 1.54) is 26.0 Å². The number of hydrogen-bond donors (Lipinski definition) is 1. The van der Waals surface area contributed by atoms with Gasteiger partial charge in [0.15, 0.2) is 5.69 Å². The maximum Gasteiger partial charge on any atom is 0.328 e. The van der Waals surface area contributed by atoms with Gasteiger partial charge in [-0.25, -0.2) is 14.2 Å². The number of ether oxygens (including phenoxy) is 1. The van der Waals surface area contributed by atoms with Gasteiger partial charge in [0.2, 0.25) is 0 Å². The number of aromatic nitrogens is 2. The van der Waals surface area contributed by atoms with Gasteiger partial charge in [-0.3, -0.25) is 9.69 Å². The van der Waals surface area contributed by atoms with E-state index in [4.69, 9.17) is 4.74 Å². The van der Waals surface area contributed by atoms with E-state index in [1.807, 2.05) is 38.3 Å². The number of hydrogen-bond acceptors (Lipinski definition) is 5. The number of nitrogens with one attached hydrogen (secondary N) is 1. The first-order valence-corrected chi connectivity index (χ1v) is 12.1. The lowest BCUT2D eigenvalue weighted by molar-refractivity contribution is -0.145. The Morgan fingerprint density at radius 3 is 2.62 bits per heavy atom. The number of imidazole rings is 1. The van der Waals surface area contributed by atoms with Crippen LogP contribution in [0.15, 0.2) is 18.2 Å². The Labute approximate surface area is 200 Å². The highest BCUT2D eigenvalue weighted by molar-refractivity contribution is 5.97. The lowest BCUT2D eigenvalue weighted by Gasteiger charge is -2.29. The molecule has 1 fully saturated rings. The van der Waals surface area contributed by atoms with Crippen molar-refractivity contribution in [2.75, 3.05) is 20.2 Å². The number of fused-ring (bicyclic) bond motifs is 1.